The van der Waals surface area contributed by atoms with Crippen LogP contribution in [0.3, 0.4) is 0 Å². The molecule has 1 aliphatic heterocycles. The predicted octanol–water partition coefficient (Wildman–Crippen LogP) is 2.75. The number of pyridine rings is 2. The van der Waals surface area contributed by atoms with E-state index in [9.17, 15) is 14.7 Å². The zero-order valence-electron chi connectivity index (χ0n) is 18.0. The summed E-state index contributed by atoms with van der Waals surface area (Å²) in [6.45, 7) is 2.75. The van der Waals surface area contributed by atoms with Gasteiger partial charge in [0.15, 0.2) is 5.76 Å². The zero-order chi connectivity index (χ0) is 22.9. The van der Waals surface area contributed by atoms with Gasteiger partial charge in [-0.2, -0.15) is 0 Å². The third-order valence-electron chi connectivity index (χ3n) is 5.84. The summed E-state index contributed by atoms with van der Waals surface area (Å²) in [6, 6.07) is 8.30. The van der Waals surface area contributed by atoms with Gasteiger partial charge >= 0.3 is 0 Å². The number of likely N-dealkylation sites (tertiary alicyclic amines) is 1. The molecule has 5 heterocycles. The lowest BCUT2D eigenvalue weighted by Crippen LogP contribution is -2.31. The molecule has 9 nitrogen and oxygen atoms in total. The summed E-state index contributed by atoms with van der Waals surface area (Å²) >= 11 is 0. The molecule has 0 unspecified atom stereocenters. The van der Waals surface area contributed by atoms with Crippen molar-refractivity contribution in [3.63, 3.8) is 0 Å². The van der Waals surface area contributed by atoms with Gasteiger partial charge in [0, 0.05) is 44.1 Å². The number of aromatic nitrogens is 5. The van der Waals surface area contributed by atoms with Gasteiger partial charge in [-0.3, -0.25) is 19.0 Å². The minimum absolute atomic E-state index is 0.0457. The van der Waals surface area contributed by atoms with Crippen LogP contribution in [0, 0.1) is 6.92 Å². The third-order valence-corrected chi connectivity index (χ3v) is 5.84. The minimum Gasteiger partial charge on any atom is -0.505 e. The summed E-state index contributed by atoms with van der Waals surface area (Å²) in [5.74, 6) is -1.59. The Bertz CT molecular complexity index is 1360. The van der Waals surface area contributed by atoms with Crippen molar-refractivity contribution < 1.29 is 14.7 Å². The highest BCUT2D eigenvalue weighted by atomic mass is 16.3. The first kappa shape index (κ1) is 20.6. The number of nitrogens with zero attached hydrogens (tertiary/aromatic N) is 6. The van der Waals surface area contributed by atoms with Crippen LogP contribution in [0.2, 0.25) is 0 Å². The molecule has 9 heteroatoms. The zero-order valence-corrected chi connectivity index (χ0v) is 18.0. The maximum absolute atomic E-state index is 13.2. The molecule has 0 spiro atoms. The molecule has 5 rings (SSSR count). The van der Waals surface area contributed by atoms with Crippen molar-refractivity contribution in [1.82, 2.24) is 28.8 Å². The third kappa shape index (κ3) is 3.57. The Morgan fingerprint density at radius 3 is 2.70 bits per heavy atom. The average Bonchev–Trinajstić information content (AvgIpc) is 3.52. The van der Waals surface area contributed by atoms with Gasteiger partial charge in [-0.05, 0) is 37.1 Å². The molecule has 0 radical (unpaired) electrons. The second-order valence-electron chi connectivity index (χ2n) is 7.91. The fourth-order valence-electron chi connectivity index (χ4n) is 4.36. The molecule has 1 saturated heterocycles. The van der Waals surface area contributed by atoms with Crippen LogP contribution < -0.4 is 0 Å². The number of hydrogen-bond donors (Lipinski definition) is 1. The number of fused-ring (bicyclic) bond motifs is 1. The first-order valence-corrected chi connectivity index (χ1v) is 10.6. The van der Waals surface area contributed by atoms with E-state index in [-0.39, 0.29) is 11.3 Å². The highest BCUT2D eigenvalue weighted by molar-refractivity contribution is 6.46. The molecule has 166 valence electrons. The fourth-order valence-corrected chi connectivity index (χ4v) is 4.36. The van der Waals surface area contributed by atoms with Gasteiger partial charge in [-0.25, -0.2) is 9.97 Å². The number of carbonyl (C=O) groups excluding carboxylic acids is 2. The number of Topliss-reactive ketones (excluding diaryl/α,β-unsaturated/α-hetero) is 1. The van der Waals surface area contributed by atoms with Crippen molar-refractivity contribution in [1.29, 1.82) is 0 Å². The van der Waals surface area contributed by atoms with Gasteiger partial charge in [0.05, 0.1) is 23.6 Å². The van der Waals surface area contributed by atoms with Crippen LogP contribution >= 0.6 is 0 Å². The first-order valence-electron chi connectivity index (χ1n) is 10.6. The van der Waals surface area contributed by atoms with Crippen molar-refractivity contribution in [3.8, 4) is 0 Å². The van der Waals surface area contributed by atoms with Gasteiger partial charge in [0.1, 0.15) is 11.3 Å². The second-order valence-corrected chi connectivity index (χ2v) is 7.91. The minimum atomic E-state index is -0.741. The fraction of sp³-hybridized carbons (Fsp3) is 0.208. The summed E-state index contributed by atoms with van der Waals surface area (Å²) < 4.78 is 3.63. The Morgan fingerprint density at radius 1 is 1.06 bits per heavy atom. The molecule has 1 amide bonds. The quantitative estimate of drug-likeness (QED) is 0.280. The smallest absolute Gasteiger partial charge is 0.295 e. The van der Waals surface area contributed by atoms with Crippen LogP contribution in [-0.2, 0) is 16.1 Å². The molecular weight excluding hydrogens is 420 g/mol. The Labute approximate surface area is 189 Å². The molecule has 0 aliphatic carbocycles. The molecule has 0 bridgehead atoms. The average molecular weight is 442 g/mol. The largest absolute Gasteiger partial charge is 0.505 e. The summed E-state index contributed by atoms with van der Waals surface area (Å²) in [6.07, 6.45) is 10.9. The van der Waals surface area contributed by atoms with E-state index in [1.807, 2.05) is 29.0 Å². The Hall–Kier alpha value is -4.27. The van der Waals surface area contributed by atoms with Crippen LogP contribution in [0.1, 0.15) is 29.4 Å². The van der Waals surface area contributed by atoms with E-state index in [4.69, 9.17) is 0 Å². The van der Waals surface area contributed by atoms with E-state index in [1.165, 1.54) is 4.90 Å². The number of ketones is 1. The SMILES string of the molecule is Cc1nc2ccccn2c1/C(O)=C1\C(=O)C(=O)N(CCCn2ccnc2)[C@@H]1c1cccnc1. The number of amides is 1. The first-order chi connectivity index (χ1) is 16.1. The Kier molecular flexibility index (Phi) is 5.21. The summed E-state index contributed by atoms with van der Waals surface area (Å²) in [5, 5.41) is 11.4. The van der Waals surface area contributed by atoms with Crippen LogP contribution in [-0.4, -0.2) is 52.2 Å². The van der Waals surface area contributed by atoms with Crippen LogP contribution in [0.5, 0.6) is 0 Å². The van der Waals surface area contributed by atoms with Gasteiger partial charge in [0.25, 0.3) is 11.7 Å². The topological polar surface area (TPSA) is 106 Å². The Balaban J connectivity index is 1.59. The molecule has 1 fully saturated rings. The number of rotatable bonds is 6. The van der Waals surface area contributed by atoms with Gasteiger partial charge in [0.2, 0.25) is 0 Å². The lowest BCUT2D eigenvalue weighted by atomic mass is 9.97. The van der Waals surface area contributed by atoms with Crippen molar-refractivity contribution in [2.75, 3.05) is 6.54 Å². The van der Waals surface area contributed by atoms with Crippen molar-refractivity contribution in [3.05, 3.63) is 90.2 Å². The van der Waals surface area contributed by atoms with Gasteiger partial charge in [-0.15, -0.1) is 0 Å². The van der Waals surface area contributed by atoms with Crippen molar-refractivity contribution >= 4 is 23.1 Å². The van der Waals surface area contributed by atoms with Gasteiger partial charge < -0.3 is 14.6 Å². The number of aryl methyl sites for hydroxylation is 2. The number of imidazole rings is 2. The summed E-state index contributed by atoms with van der Waals surface area (Å²) in [4.78, 5) is 40.5. The molecule has 33 heavy (non-hydrogen) atoms. The summed E-state index contributed by atoms with van der Waals surface area (Å²) in [7, 11) is 0. The lowest BCUT2D eigenvalue weighted by molar-refractivity contribution is -0.139. The van der Waals surface area contributed by atoms with E-state index in [1.54, 1.807) is 54.6 Å². The van der Waals surface area contributed by atoms with E-state index in [0.29, 0.717) is 42.1 Å². The van der Waals surface area contributed by atoms with E-state index >= 15 is 0 Å². The lowest BCUT2D eigenvalue weighted by Gasteiger charge is -2.25. The number of aliphatic hydroxyl groups excluding tert-OH is 1. The highest BCUT2D eigenvalue weighted by Gasteiger charge is 2.46. The number of aliphatic hydroxyl groups is 1. The molecule has 0 aromatic carbocycles. The van der Waals surface area contributed by atoms with E-state index in [0.717, 1.165) is 0 Å². The van der Waals surface area contributed by atoms with Crippen LogP contribution in [0.15, 0.2) is 73.2 Å². The maximum Gasteiger partial charge on any atom is 0.295 e. The standard InChI is InChI=1S/C24H22N6O3/c1-16-20(29-11-3-2-7-18(29)27-16)22(31)19-21(17-6-4-8-25-14-17)30(24(33)23(19)32)12-5-10-28-13-9-26-15-28/h2-4,6-9,11,13-15,21,31H,5,10,12H2,1H3/b22-19+/t21-/m1/s1. The monoisotopic (exact) mass is 442 g/mol. The van der Waals surface area contributed by atoms with Crippen LogP contribution in [0.4, 0.5) is 0 Å². The molecule has 4 aromatic rings. The predicted molar refractivity (Wildman–Crippen MR) is 120 cm³/mol. The van der Waals surface area contributed by atoms with Crippen molar-refractivity contribution in [2.24, 2.45) is 0 Å². The molecule has 1 aliphatic rings. The molecule has 0 saturated carbocycles. The van der Waals surface area contributed by atoms with Crippen LogP contribution in [0.25, 0.3) is 11.4 Å². The maximum atomic E-state index is 13.2. The Morgan fingerprint density at radius 2 is 1.94 bits per heavy atom. The normalized spacial score (nSPS) is 17.8. The number of hydrogen-bond acceptors (Lipinski definition) is 6. The summed E-state index contributed by atoms with van der Waals surface area (Å²) in [5.41, 5.74) is 2.31. The second kappa shape index (κ2) is 8.34. The van der Waals surface area contributed by atoms with Crippen molar-refractivity contribution in [2.45, 2.75) is 25.9 Å². The van der Waals surface area contributed by atoms with Gasteiger partial charge in [-0.1, -0.05) is 12.1 Å². The number of carbonyl (C=O) groups is 2. The molecule has 1 N–H and O–H groups in total. The molecular formula is C24H22N6O3. The van der Waals surface area contributed by atoms with E-state index < -0.39 is 17.7 Å². The molecule has 4 aromatic heterocycles. The van der Waals surface area contributed by atoms with E-state index in [2.05, 4.69) is 15.0 Å². The highest BCUT2D eigenvalue weighted by Crippen LogP contribution is 2.39. The molecule has 1 atom stereocenters.